The molecule has 2 aliphatic heterocycles. The van der Waals surface area contributed by atoms with E-state index in [2.05, 4.69) is 56.4 Å². The molecule has 0 unspecified atom stereocenters. The number of rotatable bonds is 9. The van der Waals surface area contributed by atoms with Gasteiger partial charge in [-0.3, -0.25) is 9.47 Å². The zero-order valence-electron chi connectivity index (χ0n) is 21.3. The number of likely N-dealkylation sites (tertiary alicyclic amines) is 1. The topological polar surface area (TPSA) is 114 Å². The summed E-state index contributed by atoms with van der Waals surface area (Å²) >= 11 is 0. The van der Waals surface area contributed by atoms with Crippen molar-refractivity contribution in [3.8, 4) is 6.01 Å². The molecule has 36 heavy (non-hydrogen) atoms. The van der Waals surface area contributed by atoms with Gasteiger partial charge in [-0.1, -0.05) is 37.6 Å². The van der Waals surface area contributed by atoms with Crippen LogP contribution in [0.1, 0.15) is 56.6 Å². The minimum Gasteiger partial charge on any atom is -0.463 e. The fourth-order valence-corrected chi connectivity index (χ4v) is 5.64. The summed E-state index contributed by atoms with van der Waals surface area (Å²) in [6, 6.07) is 8.77. The molecule has 2 fully saturated rings. The number of anilines is 1. The molecule has 0 amide bonds. The predicted molar refractivity (Wildman–Crippen MR) is 142 cm³/mol. The maximum Gasteiger partial charge on any atom is 0.328 e. The third-order valence-corrected chi connectivity index (χ3v) is 7.81. The number of aromatic nitrogens is 4. The fourth-order valence-electron chi connectivity index (χ4n) is 5.64. The standard InChI is InChI=1S/C27H39N7O2/c1-2-3-16-36-26-31-24(28)23-25(32-26)34(27(35)30-23)18-20-6-4-19(5-7-20)17-33-14-10-22(11-15-33)21-8-12-29-13-9-21/h4-7,21-22,29H,2-3,8-18H2,1H3,(H,30,35)(H2,28,31,32). The molecule has 9 heteroatoms. The minimum atomic E-state index is -0.252. The van der Waals surface area contributed by atoms with E-state index >= 15 is 0 Å². The lowest BCUT2D eigenvalue weighted by atomic mass is 9.79. The average Bonchev–Trinajstić information content (AvgIpc) is 3.22. The van der Waals surface area contributed by atoms with Gasteiger partial charge in [0.1, 0.15) is 5.52 Å². The van der Waals surface area contributed by atoms with E-state index in [0.717, 1.165) is 36.8 Å². The van der Waals surface area contributed by atoms with Crippen LogP contribution < -0.4 is 21.5 Å². The number of piperidine rings is 2. The second-order valence-corrected chi connectivity index (χ2v) is 10.3. The fraction of sp³-hybridized carbons (Fsp3) is 0.593. The van der Waals surface area contributed by atoms with E-state index in [0.29, 0.717) is 24.3 Å². The minimum absolute atomic E-state index is 0.209. The van der Waals surface area contributed by atoms with Crippen molar-refractivity contribution in [2.75, 3.05) is 38.5 Å². The number of nitrogens with one attached hydrogen (secondary N) is 2. The van der Waals surface area contributed by atoms with E-state index in [1.54, 1.807) is 4.57 Å². The molecule has 2 aliphatic rings. The second-order valence-electron chi connectivity index (χ2n) is 10.3. The SMILES string of the molecule is CCCCOc1nc(N)c2[nH]c(=O)n(Cc3ccc(CN4CCC(C5CCNCC5)CC4)cc3)c2n1. The molecule has 0 spiro atoms. The molecule has 194 valence electrons. The number of nitrogens with two attached hydrogens (primary N) is 1. The first-order valence-electron chi connectivity index (χ1n) is 13.5. The first-order valence-corrected chi connectivity index (χ1v) is 13.5. The Kier molecular flexibility index (Phi) is 7.87. The van der Waals surface area contributed by atoms with Gasteiger partial charge >= 0.3 is 11.7 Å². The highest BCUT2D eigenvalue weighted by molar-refractivity contribution is 5.81. The summed E-state index contributed by atoms with van der Waals surface area (Å²) < 4.78 is 7.24. The van der Waals surface area contributed by atoms with Crippen molar-refractivity contribution in [2.45, 2.75) is 58.5 Å². The molecule has 5 rings (SSSR count). The van der Waals surface area contributed by atoms with Gasteiger partial charge < -0.3 is 20.8 Å². The molecule has 4 N–H and O–H groups in total. The van der Waals surface area contributed by atoms with Crippen molar-refractivity contribution in [3.63, 3.8) is 0 Å². The van der Waals surface area contributed by atoms with Gasteiger partial charge in [0, 0.05) is 6.54 Å². The largest absolute Gasteiger partial charge is 0.463 e. The van der Waals surface area contributed by atoms with Crippen LogP contribution in [0.4, 0.5) is 5.82 Å². The summed E-state index contributed by atoms with van der Waals surface area (Å²) in [7, 11) is 0. The van der Waals surface area contributed by atoms with Gasteiger partial charge in [0.25, 0.3) is 0 Å². The van der Waals surface area contributed by atoms with E-state index in [1.165, 1.54) is 57.4 Å². The molecule has 9 nitrogen and oxygen atoms in total. The van der Waals surface area contributed by atoms with Gasteiger partial charge in [-0.15, -0.1) is 0 Å². The zero-order valence-corrected chi connectivity index (χ0v) is 21.3. The third-order valence-electron chi connectivity index (χ3n) is 7.81. The van der Waals surface area contributed by atoms with Crippen molar-refractivity contribution in [2.24, 2.45) is 11.8 Å². The molecular formula is C27H39N7O2. The number of fused-ring (bicyclic) bond motifs is 1. The molecule has 1 aromatic carbocycles. The first-order chi connectivity index (χ1) is 17.6. The highest BCUT2D eigenvalue weighted by Crippen LogP contribution is 2.31. The van der Waals surface area contributed by atoms with Gasteiger partial charge in [-0.2, -0.15) is 9.97 Å². The monoisotopic (exact) mass is 493 g/mol. The quantitative estimate of drug-likeness (QED) is 0.392. The number of nitrogens with zero attached hydrogens (tertiary/aromatic N) is 4. The number of nitrogen functional groups attached to an aromatic ring is 1. The van der Waals surface area contributed by atoms with Gasteiger partial charge in [0.05, 0.1) is 13.2 Å². The van der Waals surface area contributed by atoms with Crippen LogP contribution in [-0.2, 0) is 13.1 Å². The molecular weight excluding hydrogens is 454 g/mol. The lowest BCUT2D eigenvalue weighted by Gasteiger charge is -2.37. The number of aromatic amines is 1. The summed E-state index contributed by atoms with van der Waals surface area (Å²) in [4.78, 5) is 26.7. The maximum absolute atomic E-state index is 12.7. The van der Waals surface area contributed by atoms with E-state index in [-0.39, 0.29) is 17.5 Å². The summed E-state index contributed by atoms with van der Waals surface area (Å²) in [5.41, 5.74) is 9.09. The Balaban J connectivity index is 1.21. The Labute approximate surface area is 212 Å². The Morgan fingerprint density at radius 3 is 2.36 bits per heavy atom. The molecule has 2 aromatic heterocycles. The molecule has 4 heterocycles. The van der Waals surface area contributed by atoms with Gasteiger partial charge in [0.15, 0.2) is 11.5 Å². The van der Waals surface area contributed by atoms with E-state index in [9.17, 15) is 4.79 Å². The highest BCUT2D eigenvalue weighted by Gasteiger charge is 2.27. The zero-order chi connectivity index (χ0) is 24.9. The average molecular weight is 494 g/mol. The van der Waals surface area contributed by atoms with E-state index < -0.39 is 0 Å². The van der Waals surface area contributed by atoms with E-state index in [4.69, 9.17) is 10.5 Å². The molecule has 0 radical (unpaired) electrons. The normalized spacial score (nSPS) is 18.1. The predicted octanol–water partition coefficient (Wildman–Crippen LogP) is 3.14. The van der Waals surface area contributed by atoms with Crippen molar-refractivity contribution in [1.82, 2.24) is 29.7 Å². The first kappa shape index (κ1) is 24.8. The number of hydrogen-bond donors (Lipinski definition) is 3. The van der Waals surface area contributed by atoms with Gasteiger partial charge in [-0.05, 0) is 81.2 Å². The maximum atomic E-state index is 12.7. The van der Waals surface area contributed by atoms with Crippen LogP contribution in [0.15, 0.2) is 29.1 Å². The van der Waals surface area contributed by atoms with Crippen LogP contribution in [0.5, 0.6) is 6.01 Å². The summed E-state index contributed by atoms with van der Waals surface area (Å²) in [6.45, 7) is 8.75. The summed E-state index contributed by atoms with van der Waals surface area (Å²) in [6.07, 6.45) is 7.25. The van der Waals surface area contributed by atoms with Crippen LogP contribution in [-0.4, -0.2) is 57.2 Å². The number of H-pyrrole nitrogens is 1. The number of unbranched alkanes of at least 4 members (excludes halogenated alkanes) is 1. The molecule has 0 atom stereocenters. The molecule has 3 aromatic rings. The van der Waals surface area contributed by atoms with Gasteiger partial charge in [-0.25, -0.2) is 4.79 Å². The molecule has 2 saturated heterocycles. The van der Waals surface area contributed by atoms with Crippen molar-refractivity contribution >= 4 is 17.0 Å². The summed E-state index contributed by atoms with van der Waals surface area (Å²) in [5, 5.41) is 3.49. The van der Waals surface area contributed by atoms with E-state index in [1.807, 2.05) is 0 Å². The van der Waals surface area contributed by atoms with Crippen molar-refractivity contribution in [1.29, 1.82) is 0 Å². The summed E-state index contributed by atoms with van der Waals surface area (Å²) in [5.74, 6) is 2.04. The lowest BCUT2D eigenvalue weighted by Crippen LogP contribution is -2.39. The van der Waals surface area contributed by atoms with Crippen LogP contribution in [0, 0.1) is 11.8 Å². The van der Waals surface area contributed by atoms with Crippen LogP contribution in [0.3, 0.4) is 0 Å². The highest BCUT2D eigenvalue weighted by atomic mass is 16.5. The third kappa shape index (κ3) is 5.73. The number of hydrogen-bond acceptors (Lipinski definition) is 7. The number of imidazole rings is 1. The Hall–Kier alpha value is -2.91. The Morgan fingerprint density at radius 2 is 1.67 bits per heavy atom. The number of benzene rings is 1. The molecule has 0 saturated carbocycles. The van der Waals surface area contributed by atoms with Crippen LogP contribution in [0.2, 0.25) is 0 Å². The Morgan fingerprint density at radius 1 is 1.00 bits per heavy atom. The lowest BCUT2D eigenvalue weighted by molar-refractivity contribution is 0.126. The second kappa shape index (κ2) is 11.4. The van der Waals surface area contributed by atoms with Crippen LogP contribution >= 0.6 is 0 Å². The molecule has 0 aliphatic carbocycles. The van der Waals surface area contributed by atoms with Crippen molar-refractivity contribution < 1.29 is 4.74 Å². The van der Waals surface area contributed by atoms with Crippen LogP contribution in [0.25, 0.3) is 11.2 Å². The van der Waals surface area contributed by atoms with Crippen molar-refractivity contribution in [3.05, 3.63) is 45.9 Å². The molecule has 0 bridgehead atoms. The smallest absolute Gasteiger partial charge is 0.328 e. The van der Waals surface area contributed by atoms with Gasteiger partial charge in [0.2, 0.25) is 0 Å². The number of ether oxygens (including phenoxy) is 1. The Bertz CT molecular complexity index is 1190.